The molecule has 0 unspecified atom stereocenters. The summed E-state index contributed by atoms with van der Waals surface area (Å²) in [6.45, 7) is 3.86. The molecule has 5 nitrogen and oxygen atoms in total. The topological polar surface area (TPSA) is 85.9 Å². The minimum atomic E-state index is -0.265. The van der Waals surface area contributed by atoms with Gasteiger partial charge in [0.2, 0.25) is 0 Å². The summed E-state index contributed by atoms with van der Waals surface area (Å²) in [7, 11) is 0. The van der Waals surface area contributed by atoms with Crippen molar-refractivity contribution in [3.8, 4) is 17.9 Å². The van der Waals surface area contributed by atoms with Gasteiger partial charge in [-0.2, -0.15) is 10.5 Å². The summed E-state index contributed by atoms with van der Waals surface area (Å²) in [4.78, 5) is 12.0. The largest absolute Gasteiger partial charge is 0.484 e. The van der Waals surface area contributed by atoms with Crippen LogP contribution in [0.3, 0.4) is 0 Å². The Morgan fingerprint density at radius 1 is 1.12 bits per heavy atom. The normalized spacial score (nSPS) is 9.44. The first-order valence-corrected chi connectivity index (χ1v) is 7.63. The van der Waals surface area contributed by atoms with Crippen LogP contribution in [0.25, 0.3) is 6.08 Å². The predicted octanol–water partition coefficient (Wildman–Crippen LogP) is 3.75. The van der Waals surface area contributed by atoms with Crippen molar-refractivity contribution in [2.45, 2.75) is 13.8 Å². The van der Waals surface area contributed by atoms with Crippen LogP contribution >= 0.6 is 0 Å². The molecule has 0 aliphatic heterocycles. The molecule has 0 aliphatic carbocycles. The molecule has 25 heavy (non-hydrogen) atoms. The lowest BCUT2D eigenvalue weighted by Crippen LogP contribution is -2.20. The van der Waals surface area contributed by atoms with E-state index >= 15 is 0 Å². The average Bonchev–Trinajstić information content (AvgIpc) is 2.61. The Hall–Kier alpha value is -3.57. The van der Waals surface area contributed by atoms with Gasteiger partial charge in [-0.3, -0.25) is 4.79 Å². The number of nitrogens with zero attached hydrogens (tertiary/aromatic N) is 2. The Labute approximate surface area is 146 Å². The van der Waals surface area contributed by atoms with E-state index in [1.54, 1.807) is 36.4 Å². The molecular formula is C20H17N3O2. The fourth-order valence-corrected chi connectivity index (χ4v) is 2.12. The number of aryl methyl sites for hydroxylation is 2. The maximum atomic E-state index is 12.0. The molecule has 2 rings (SSSR count). The number of nitrogens with one attached hydrogen (secondary N) is 1. The summed E-state index contributed by atoms with van der Waals surface area (Å²) >= 11 is 0. The zero-order chi connectivity index (χ0) is 18.2. The van der Waals surface area contributed by atoms with Crippen molar-refractivity contribution < 1.29 is 9.53 Å². The van der Waals surface area contributed by atoms with Crippen LogP contribution in [0.4, 0.5) is 5.69 Å². The Morgan fingerprint density at radius 3 is 2.56 bits per heavy atom. The summed E-state index contributed by atoms with van der Waals surface area (Å²) in [6.07, 6.45) is 1.46. The molecule has 2 aromatic rings. The predicted molar refractivity (Wildman–Crippen MR) is 95.7 cm³/mol. The number of amides is 1. The number of carbonyl (C=O) groups is 1. The molecule has 0 heterocycles. The first-order chi connectivity index (χ1) is 12.0. The van der Waals surface area contributed by atoms with Gasteiger partial charge in [-0.05, 0) is 60.9 Å². The molecule has 0 saturated heterocycles. The number of nitriles is 2. The van der Waals surface area contributed by atoms with Gasteiger partial charge in [0.05, 0.1) is 0 Å². The van der Waals surface area contributed by atoms with Crippen LogP contribution in [0.5, 0.6) is 5.75 Å². The molecule has 0 saturated carbocycles. The molecule has 0 bridgehead atoms. The van der Waals surface area contributed by atoms with Crippen molar-refractivity contribution in [3.05, 3.63) is 64.7 Å². The Morgan fingerprint density at radius 2 is 1.88 bits per heavy atom. The van der Waals surface area contributed by atoms with Crippen molar-refractivity contribution in [1.82, 2.24) is 0 Å². The zero-order valence-electron chi connectivity index (χ0n) is 14.0. The minimum absolute atomic E-state index is 0.00429. The number of anilines is 1. The second-order valence-electron chi connectivity index (χ2n) is 5.49. The first-order valence-electron chi connectivity index (χ1n) is 7.63. The van der Waals surface area contributed by atoms with E-state index in [1.807, 2.05) is 32.0 Å². The molecule has 5 heteroatoms. The van der Waals surface area contributed by atoms with Crippen LogP contribution in [0.15, 0.2) is 48.0 Å². The van der Waals surface area contributed by atoms with Gasteiger partial charge in [0.25, 0.3) is 5.91 Å². The zero-order valence-corrected chi connectivity index (χ0v) is 14.0. The van der Waals surface area contributed by atoms with Crippen molar-refractivity contribution in [2.75, 3.05) is 11.9 Å². The quantitative estimate of drug-likeness (QED) is 0.845. The monoisotopic (exact) mass is 331 g/mol. The highest BCUT2D eigenvalue weighted by Gasteiger charge is 2.05. The van der Waals surface area contributed by atoms with Crippen LogP contribution < -0.4 is 10.1 Å². The van der Waals surface area contributed by atoms with E-state index in [0.717, 1.165) is 16.8 Å². The van der Waals surface area contributed by atoms with Crippen LogP contribution in [0.1, 0.15) is 16.7 Å². The maximum Gasteiger partial charge on any atom is 0.262 e. The van der Waals surface area contributed by atoms with Gasteiger partial charge < -0.3 is 10.1 Å². The minimum Gasteiger partial charge on any atom is -0.484 e. The van der Waals surface area contributed by atoms with E-state index < -0.39 is 0 Å². The summed E-state index contributed by atoms with van der Waals surface area (Å²) < 4.78 is 5.48. The maximum absolute atomic E-state index is 12.0. The van der Waals surface area contributed by atoms with E-state index in [2.05, 4.69) is 5.32 Å². The molecule has 1 N–H and O–H groups in total. The summed E-state index contributed by atoms with van der Waals surface area (Å²) in [5, 5.41) is 20.4. The standard InChI is InChI=1S/C20H17N3O2/c1-14-6-7-18(8-15(14)2)23-20(24)13-25-19-5-3-4-16(10-19)9-17(11-21)12-22/h3-10H,13H2,1-2H3,(H,23,24). The summed E-state index contributed by atoms with van der Waals surface area (Å²) in [6, 6.07) is 16.2. The van der Waals surface area contributed by atoms with Crippen molar-refractivity contribution >= 4 is 17.7 Å². The van der Waals surface area contributed by atoms with Crippen molar-refractivity contribution in [3.63, 3.8) is 0 Å². The van der Waals surface area contributed by atoms with E-state index in [0.29, 0.717) is 11.3 Å². The molecule has 124 valence electrons. The smallest absolute Gasteiger partial charge is 0.262 e. The van der Waals surface area contributed by atoms with Gasteiger partial charge in [0.15, 0.2) is 6.61 Å². The second kappa shape index (κ2) is 8.33. The third kappa shape index (κ3) is 5.23. The Balaban J connectivity index is 1.98. The molecule has 0 radical (unpaired) electrons. The highest BCUT2D eigenvalue weighted by atomic mass is 16.5. The first kappa shape index (κ1) is 17.8. The van der Waals surface area contributed by atoms with Gasteiger partial charge >= 0.3 is 0 Å². The lowest BCUT2D eigenvalue weighted by molar-refractivity contribution is -0.118. The number of ether oxygens (including phenoxy) is 1. The number of allylic oxidation sites excluding steroid dienone is 1. The highest BCUT2D eigenvalue weighted by Crippen LogP contribution is 2.17. The van der Waals surface area contributed by atoms with Crippen molar-refractivity contribution in [2.24, 2.45) is 0 Å². The van der Waals surface area contributed by atoms with Gasteiger partial charge in [-0.15, -0.1) is 0 Å². The van der Waals surface area contributed by atoms with Crippen molar-refractivity contribution in [1.29, 1.82) is 10.5 Å². The molecule has 0 spiro atoms. The number of benzene rings is 2. The lowest BCUT2D eigenvalue weighted by Gasteiger charge is -2.09. The molecular weight excluding hydrogens is 314 g/mol. The van der Waals surface area contributed by atoms with E-state index in [4.69, 9.17) is 15.3 Å². The van der Waals surface area contributed by atoms with Gasteiger partial charge in [0.1, 0.15) is 23.5 Å². The van der Waals surface area contributed by atoms with Crippen LogP contribution in [-0.4, -0.2) is 12.5 Å². The third-order valence-corrected chi connectivity index (χ3v) is 3.57. The highest BCUT2D eigenvalue weighted by molar-refractivity contribution is 5.92. The molecule has 0 fully saturated rings. The number of hydrogen-bond donors (Lipinski definition) is 1. The average molecular weight is 331 g/mol. The van der Waals surface area contributed by atoms with Crippen LogP contribution in [0, 0.1) is 36.5 Å². The lowest BCUT2D eigenvalue weighted by atomic mass is 10.1. The molecule has 2 aromatic carbocycles. The summed E-state index contributed by atoms with van der Waals surface area (Å²) in [5.74, 6) is 0.221. The van der Waals surface area contributed by atoms with Gasteiger partial charge in [-0.1, -0.05) is 18.2 Å². The number of rotatable bonds is 5. The fourth-order valence-electron chi connectivity index (χ4n) is 2.12. The Bertz CT molecular complexity index is 886. The van der Waals surface area contributed by atoms with Gasteiger partial charge in [0, 0.05) is 5.69 Å². The molecule has 1 amide bonds. The molecule has 0 aliphatic rings. The third-order valence-electron chi connectivity index (χ3n) is 3.57. The SMILES string of the molecule is Cc1ccc(NC(=O)COc2cccc(C=C(C#N)C#N)c2)cc1C. The number of hydrogen-bond acceptors (Lipinski definition) is 4. The van der Waals surface area contributed by atoms with E-state index in [9.17, 15) is 4.79 Å². The van der Waals surface area contributed by atoms with Crippen LogP contribution in [0.2, 0.25) is 0 Å². The molecule has 0 aromatic heterocycles. The van der Waals surface area contributed by atoms with Gasteiger partial charge in [-0.25, -0.2) is 0 Å². The Kier molecular flexibility index (Phi) is 5.92. The number of carbonyl (C=O) groups excluding carboxylic acids is 1. The van der Waals surface area contributed by atoms with Crippen LogP contribution in [-0.2, 0) is 4.79 Å². The second-order valence-corrected chi connectivity index (χ2v) is 5.49. The van der Waals surface area contributed by atoms with E-state index in [1.165, 1.54) is 6.08 Å². The van der Waals surface area contributed by atoms with E-state index in [-0.39, 0.29) is 18.1 Å². The fraction of sp³-hybridized carbons (Fsp3) is 0.150. The summed E-state index contributed by atoms with van der Waals surface area (Å²) in [5.41, 5.74) is 3.65. The molecule has 0 atom stereocenters.